The van der Waals surface area contributed by atoms with Crippen molar-refractivity contribution in [2.75, 3.05) is 12.3 Å². The van der Waals surface area contributed by atoms with Gasteiger partial charge in [0.25, 0.3) is 0 Å². The van der Waals surface area contributed by atoms with E-state index in [4.69, 9.17) is 0 Å². The summed E-state index contributed by atoms with van der Waals surface area (Å²) in [6.07, 6.45) is 15.8. The average molecular weight is 200 g/mol. The van der Waals surface area contributed by atoms with Crippen molar-refractivity contribution in [1.82, 2.24) is 0 Å². The summed E-state index contributed by atoms with van der Waals surface area (Å²) >= 11 is 0. The Kier molecular flexibility index (Phi) is 12.3. The molecule has 13 heavy (non-hydrogen) atoms. The van der Waals surface area contributed by atoms with Crippen molar-refractivity contribution in [3.8, 4) is 0 Å². The lowest BCUT2D eigenvalue weighted by Gasteiger charge is -1.99. The normalized spacial score (nSPS) is 12.2. The summed E-state index contributed by atoms with van der Waals surface area (Å²) in [5, 5.41) is 0. The molecule has 1 unspecified atom stereocenters. The van der Waals surface area contributed by atoms with Gasteiger partial charge in [0.05, 0.1) is 0 Å². The highest BCUT2D eigenvalue weighted by Crippen LogP contribution is 2.14. The minimum absolute atomic E-state index is 1.16. The number of allylic oxidation sites excluding steroid dienone is 2. The van der Waals surface area contributed by atoms with Crippen LogP contribution in [0.3, 0.4) is 0 Å². The molecule has 0 N–H and O–H groups in total. The molecular weight excluding hydrogens is 175 g/mol. The minimum atomic E-state index is 1.16. The second-order valence-electron chi connectivity index (χ2n) is 3.54. The third-order valence-corrected chi connectivity index (χ3v) is 3.44. The van der Waals surface area contributed by atoms with Gasteiger partial charge in [-0.05, 0) is 25.7 Å². The maximum Gasteiger partial charge on any atom is -0.0172 e. The molecule has 0 aliphatic rings. The van der Waals surface area contributed by atoms with E-state index in [1.165, 1.54) is 50.8 Å². The van der Waals surface area contributed by atoms with Crippen molar-refractivity contribution in [2.24, 2.45) is 0 Å². The molecule has 0 saturated carbocycles. The van der Waals surface area contributed by atoms with Gasteiger partial charge in [-0.25, -0.2) is 0 Å². The monoisotopic (exact) mass is 200 g/mol. The molecule has 0 radical (unpaired) electrons. The van der Waals surface area contributed by atoms with Gasteiger partial charge in [0.2, 0.25) is 0 Å². The van der Waals surface area contributed by atoms with Crippen LogP contribution in [0.15, 0.2) is 12.2 Å². The fraction of sp³-hybridized carbons (Fsp3) is 0.833. The first-order valence-electron chi connectivity index (χ1n) is 5.73. The van der Waals surface area contributed by atoms with Crippen LogP contribution in [0, 0.1) is 0 Å². The lowest BCUT2D eigenvalue weighted by Crippen LogP contribution is -1.81. The van der Waals surface area contributed by atoms with Crippen molar-refractivity contribution in [3.05, 3.63) is 12.2 Å². The molecule has 0 aromatic heterocycles. The zero-order valence-electron chi connectivity index (χ0n) is 9.31. The Labute approximate surface area is 86.0 Å². The Morgan fingerprint density at radius 3 is 2.38 bits per heavy atom. The fourth-order valence-electron chi connectivity index (χ4n) is 1.33. The van der Waals surface area contributed by atoms with Crippen molar-refractivity contribution in [1.29, 1.82) is 0 Å². The van der Waals surface area contributed by atoms with Crippen LogP contribution in [-0.2, 0) is 0 Å². The summed E-state index contributed by atoms with van der Waals surface area (Å²) in [6, 6.07) is 0. The van der Waals surface area contributed by atoms with Crippen LogP contribution in [0.5, 0.6) is 0 Å². The van der Waals surface area contributed by atoms with Gasteiger partial charge in [-0.15, -0.1) is 8.58 Å². The molecule has 0 aliphatic carbocycles. The van der Waals surface area contributed by atoms with Gasteiger partial charge in [0.1, 0.15) is 0 Å². The van der Waals surface area contributed by atoms with E-state index in [1.54, 1.807) is 0 Å². The van der Waals surface area contributed by atoms with E-state index in [9.17, 15) is 0 Å². The van der Waals surface area contributed by atoms with Crippen LogP contribution >= 0.6 is 8.58 Å². The molecule has 0 spiro atoms. The first-order chi connectivity index (χ1) is 6.41. The lowest BCUT2D eigenvalue weighted by molar-refractivity contribution is 0.626. The Hall–Kier alpha value is 0.170. The molecule has 0 bridgehead atoms. The zero-order valence-corrected chi connectivity index (χ0v) is 10.3. The van der Waals surface area contributed by atoms with E-state index in [0.717, 1.165) is 8.58 Å². The lowest BCUT2D eigenvalue weighted by atomic mass is 10.1. The summed E-state index contributed by atoms with van der Waals surface area (Å²) in [6.45, 7) is 4.38. The molecule has 0 fully saturated rings. The van der Waals surface area contributed by atoms with Crippen LogP contribution in [0.1, 0.15) is 52.4 Å². The van der Waals surface area contributed by atoms with Crippen molar-refractivity contribution >= 4 is 8.58 Å². The zero-order chi connectivity index (χ0) is 9.78. The predicted octanol–water partition coefficient (Wildman–Crippen LogP) is 4.60. The van der Waals surface area contributed by atoms with E-state index in [-0.39, 0.29) is 0 Å². The average Bonchev–Trinajstić information content (AvgIpc) is 2.16. The van der Waals surface area contributed by atoms with Crippen LogP contribution in [-0.4, -0.2) is 12.3 Å². The maximum atomic E-state index is 2.29. The van der Waals surface area contributed by atoms with Gasteiger partial charge in [-0.1, -0.05) is 51.2 Å². The SMILES string of the molecule is CC=CCPCCCCCCCC. The number of unbranched alkanes of at least 4 members (excludes halogenated alkanes) is 5. The van der Waals surface area contributed by atoms with E-state index in [1.807, 2.05) is 0 Å². The second kappa shape index (κ2) is 12.2. The standard InChI is InChI=1S/C12H25P/c1-3-5-7-8-9-10-12-13-11-6-4-2/h4,6,13H,3,5,7-12H2,1-2H3. The summed E-state index contributed by atoms with van der Waals surface area (Å²) in [5.41, 5.74) is 0. The molecule has 78 valence electrons. The van der Waals surface area contributed by atoms with Gasteiger partial charge in [0, 0.05) is 0 Å². The molecule has 0 saturated heterocycles. The van der Waals surface area contributed by atoms with Crippen LogP contribution in [0.4, 0.5) is 0 Å². The molecule has 1 heteroatoms. The highest BCUT2D eigenvalue weighted by atomic mass is 31.1. The molecule has 1 atom stereocenters. The van der Waals surface area contributed by atoms with Gasteiger partial charge >= 0.3 is 0 Å². The highest BCUT2D eigenvalue weighted by Gasteiger charge is 1.89. The Bertz CT molecular complexity index is 108. The predicted molar refractivity (Wildman–Crippen MR) is 66.2 cm³/mol. The molecule has 0 rings (SSSR count). The third-order valence-electron chi connectivity index (χ3n) is 2.20. The number of hydrogen-bond donors (Lipinski definition) is 0. The topological polar surface area (TPSA) is 0 Å². The minimum Gasteiger partial charge on any atom is -0.118 e. The summed E-state index contributed by atoms with van der Waals surface area (Å²) in [4.78, 5) is 0. The van der Waals surface area contributed by atoms with Crippen LogP contribution < -0.4 is 0 Å². The molecular formula is C12H25P. The Morgan fingerprint density at radius 1 is 1.00 bits per heavy atom. The molecule has 0 heterocycles. The molecule has 0 aliphatic heterocycles. The van der Waals surface area contributed by atoms with Gasteiger partial charge in [-0.3, -0.25) is 0 Å². The maximum absolute atomic E-state index is 2.29. The largest absolute Gasteiger partial charge is 0.118 e. The number of hydrogen-bond acceptors (Lipinski definition) is 0. The molecule has 0 amide bonds. The smallest absolute Gasteiger partial charge is 0.0172 e. The van der Waals surface area contributed by atoms with Crippen LogP contribution in [0.2, 0.25) is 0 Å². The van der Waals surface area contributed by atoms with Crippen LogP contribution in [0.25, 0.3) is 0 Å². The van der Waals surface area contributed by atoms with E-state index in [0.29, 0.717) is 0 Å². The number of rotatable bonds is 9. The van der Waals surface area contributed by atoms with Gasteiger partial charge < -0.3 is 0 Å². The Morgan fingerprint density at radius 2 is 1.69 bits per heavy atom. The molecule has 0 aromatic carbocycles. The molecule has 0 aromatic rings. The summed E-state index contributed by atoms with van der Waals surface area (Å²) < 4.78 is 0. The van der Waals surface area contributed by atoms with Crippen molar-refractivity contribution in [2.45, 2.75) is 52.4 Å². The van der Waals surface area contributed by atoms with Crippen molar-refractivity contribution < 1.29 is 0 Å². The van der Waals surface area contributed by atoms with E-state index < -0.39 is 0 Å². The van der Waals surface area contributed by atoms with Crippen molar-refractivity contribution in [3.63, 3.8) is 0 Å². The fourth-order valence-corrected chi connectivity index (χ4v) is 2.44. The molecule has 0 nitrogen and oxygen atoms in total. The summed E-state index contributed by atoms with van der Waals surface area (Å²) in [5.74, 6) is 0. The van der Waals surface area contributed by atoms with Gasteiger partial charge in [-0.2, -0.15) is 0 Å². The first kappa shape index (κ1) is 13.2. The first-order valence-corrected chi connectivity index (χ1v) is 7.15. The quantitative estimate of drug-likeness (QED) is 0.290. The summed E-state index contributed by atoms with van der Waals surface area (Å²) in [7, 11) is 1.16. The van der Waals surface area contributed by atoms with E-state index in [2.05, 4.69) is 26.0 Å². The Balaban J connectivity index is 2.83. The third kappa shape index (κ3) is 12.2. The second-order valence-corrected chi connectivity index (χ2v) is 4.95. The highest BCUT2D eigenvalue weighted by molar-refractivity contribution is 7.38. The van der Waals surface area contributed by atoms with Gasteiger partial charge in [0.15, 0.2) is 0 Å². The van der Waals surface area contributed by atoms with E-state index >= 15 is 0 Å².